The van der Waals surface area contributed by atoms with Crippen molar-refractivity contribution >= 4 is 18.0 Å². The Morgan fingerprint density at radius 2 is 1.41 bits per heavy atom. The van der Waals surface area contributed by atoms with Gasteiger partial charge in [-0.25, -0.2) is 4.79 Å². The van der Waals surface area contributed by atoms with Gasteiger partial charge in [-0.3, -0.25) is 9.59 Å². The summed E-state index contributed by atoms with van der Waals surface area (Å²) in [4.78, 5) is 47.8. The van der Waals surface area contributed by atoms with Gasteiger partial charge in [0.25, 0.3) is 0 Å². The number of aliphatic hydroxyl groups excluding tert-OH is 1. The number of carbonyl (C=O) groups is 3. The molecule has 9 atom stereocenters. The molecule has 2 aromatic rings. The summed E-state index contributed by atoms with van der Waals surface area (Å²) in [5.41, 5.74) is 29.9. The summed E-state index contributed by atoms with van der Waals surface area (Å²) in [6, 6.07) is 14.5. The zero-order valence-electron chi connectivity index (χ0n) is 26.8. The number of carbonyl (C=O) groups excluding carboxylic acids is 3. The van der Waals surface area contributed by atoms with Gasteiger partial charge in [-0.15, -0.1) is 0 Å². The maximum absolute atomic E-state index is 13.5. The minimum Gasteiger partial charge on any atom is -0.462 e. The molecule has 1 amide bonds. The van der Waals surface area contributed by atoms with Crippen LogP contribution in [-0.2, 0) is 41.7 Å². The fourth-order valence-electron chi connectivity index (χ4n) is 6.31. The second-order valence-corrected chi connectivity index (χ2v) is 11.6. The van der Waals surface area contributed by atoms with Crippen LogP contribution in [0.3, 0.4) is 0 Å². The normalized spacial score (nSPS) is 27.5. The lowest BCUT2D eigenvalue weighted by Gasteiger charge is -2.50. The molecule has 1 N–H and O–H groups in total. The van der Waals surface area contributed by atoms with Crippen molar-refractivity contribution in [1.29, 1.82) is 0 Å². The van der Waals surface area contributed by atoms with Crippen LogP contribution in [0, 0.1) is 5.92 Å². The molecule has 1 heterocycles. The molecule has 1 aliphatic carbocycles. The molecule has 1 saturated carbocycles. The molecule has 18 nitrogen and oxygen atoms in total. The van der Waals surface area contributed by atoms with Crippen molar-refractivity contribution in [3.8, 4) is 0 Å². The van der Waals surface area contributed by atoms with Gasteiger partial charge in [-0.1, -0.05) is 76.0 Å². The fraction of sp³-hybridized carbons (Fsp3) is 0.516. The zero-order chi connectivity index (χ0) is 35.3. The fourth-order valence-corrected chi connectivity index (χ4v) is 6.31. The highest BCUT2D eigenvalue weighted by molar-refractivity contribution is 5.68. The molecule has 0 radical (unpaired) electrons. The lowest BCUT2D eigenvalue weighted by atomic mass is 9.70. The van der Waals surface area contributed by atoms with E-state index in [0.29, 0.717) is 6.42 Å². The van der Waals surface area contributed by atoms with Gasteiger partial charge in [0.1, 0.15) is 24.9 Å². The Bertz CT molecular complexity index is 1600. The van der Waals surface area contributed by atoms with E-state index in [-0.39, 0.29) is 26.1 Å². The summed E-state index contributed by atoms with van der Waals surface area (Å²) in [7, 11) is 0. The Morgan fingerprint density at radius 3 is 2.00 bits per heavy atom. The Morgan fingerprint density at radius 1 is 0.837 bits per heavy atom. The molecule has 1 aliphatic heterocycles. The lowest BCUT2D eigenvalue weighted by molar-refractivity contribution is -0.199. The highest BCUT2D eigenvalue weighted by atomic mass is 16.6. The molecule has 2 aromatic carbocycles. The highest BCUT2D eigenvalue weighted by Gasteiger charge is 2.57. The van der Waals surface area contributed by atoms with E-state index in [1.807, 2.05) is 60.7 Å². The molecule has 18 heteroatoms. The first-order valence-electron chi connectivity index (χ1n) is 15.5. The average Bonchev–Trinajstić information content (AvgIpc) is 3.08. The molecule has 258 valence electrons. The topological polar surface area (TPSA) is 258 Å². The summed E-state index contributed by atoms with van der Waals surface area (Å²) in [5, 5.41) is 23.0. The van der Waals surface area contributed by atoms with Gasteiger partial charge >= 0.3 is 18.0 Å². The van der Waals surface area contributed by atoms with Crippen LogP contribution < -0.4 is 0 Å². The third kappa shape index (κ3) is 9.54. The first-order valence-corrected chi connectivity index (χ1v) is 15.5. The van der Waals surface area contributed by atoms with Crippen LogP contribution in [0.2, 0.25) is 0 Å². The van der Waals surface area contributed by atoms with Crippen molar-refractivity contribution in [1.82, 2.24) is 4.90 Å². The van der Waals surface area contributed by atoms with Gasteiger partial charge in [0.2, 0.25) is 0 Å². The molecule has 2 aliphatic rings. The second-order valence-electron chi connectivity index (χ2n) is 11.6. The third-order valence-electron chi connectivity index (χ3n) is 8.31. The van der Waals surface area contributed by atoms with E-state index in [1.54, 1.807) is 0 Å². The molecule has 2 fully saturated rings. The van der Waals surface area contributed by atoms with Crippen molar-refractivity contribution in [2.24, 2.45) is 21.3 Å². The van der Waals surface area contributed by atoms with Crippen molar-refractivity contribution in [3.63, 3.8) is 0 Å². The summed E-state index contributed by atoms with van der Waals surface area (Å²) in [5.74, 6) is -2.98. The minimum absolute atomic E-state index is 0.0130. The molecular weight excluding hydrogens is 640 g/mol. The van der Waals surface area contributed by atoms with Crippen molar-refractivity contribution in [2.75, 3.05) is 6.54 Å². The number of benzene rings is 2. The number of hydrogen-bond donors (Lipinski definition) is 1. The summed E-state index contributed by atoms with van der Waals surface area (Å²) < 4.78 is 22.9. The van der Waals surface area contributed by atoms with E-state index in [2.05, 4.69) is 30.1 Å². The number of rotatable bonds is 12. The van der Waals surface area contributed by atoms with Gasteiger partial charge in [-0.2, -0.15) is 0 Å². The van der Waals surface area contributed by atoms with E-state index in [0.717, 1.165) is 25.0 Å². The van der Waals surface area contributed by atoms with Crippen molar-refractivity contribution < 1.29 is 38.4 Å². The van der Waals surface area contributed by atoms with Crippen LogP contribution in [0.15, 0.2) is 76.0 Å². The van der Waals surface area contributed by atoms with Crippen LogP contribution in [0.4, 0.5) is 4.79 Å². The van der Waals surface area contributed by atoms with E-state index < -0.39 is 72.6 Å². The molecule has 0 bridgehead atoms. The van der Waals surface area contributed by atoms with Crippen molar-refractivity contribution in [3.05, 3.63) is 103 Å². The van der Waals surface area contributed by atoms with Gasteiger partial charge in [-0.05, 0) is 40.6 Å². The monoisotopic (exact) mass is 676 g/mol. The first-order chi connectivity index (χ1) is 23.7. The molecule has 4 unspecified atom stereocenters. The quantitative estimate of drug-likeness (QED) is 0.102. The Kier molecular flexibility index (Phi) is 13.0. The van der Waals surface area contributed by atoms with E-state index in [1.165, 1.54) is 4.90 Å². The number of ether oxygens (including phenoxy) is 4. The van der Waals surface area contributed by atoms with E-state index in [4.69, 9.17) is 18.9 Å². The molecule has 0 aromatic heterocycles. The third-order valence-corrected chi connectivity index (χ3v) is 8.31. The van der Waals surface area contributed by atoms with E-state index >= 15 is 0 Å². The number of aliphatic hydroxyl groups is 1. The largest absolute Gasteiger partial charge is 0.462 e. The summed E-state index contributed by atoms with van der Waals surface area (Å²) >= 11 is 0. The van der Waals surface area contributed by atoms with Gasteiger partial charge in [0.05, 0.1) is 36.9 Å². The summed E-state index contributed by atoms with van der Waals surface area (Å²) in [6.07, 6.45) is -6.77. The lowest BCUT2D eigenvalue weighted by Crippen LogP contribution is -2.66. The van der Waals surface area contributed by atoms with Crippen molar-refractivity contribution in [2.45, 2.75) is 88.5 Å². The number of azide groups is 3. The van der Waals surface area contributed by atoms with Crippen LogP contribution in [0.5, 0.6) is 0 Å². The maximum Gasteiger partial charge on any atom is 0.410 e. The average molecular weight is 677 g/mol. The predicted octanol–water partition coefficient (Wildman–Crippen LogP) is 5.26. The van der Waals surface area contributed by atoms with Crippen LogP contribution in [-0.4, -0.2) is 83.2 Å². The Labute approximate surface area is 280 Å². The highest BCUT2D eigenvalue weighted by Crippen LogP contribution is 2.41. The predicted molar refractivity (Wildman–Crippen MR) is 171 cm³/mol. The van der Waals surface area contributed by atoms with Crippen LogP contribution in [0.25, 0.3) is 31.3 Å². The number of hydrogen-bond acceptors (Lipinski definition) is 11. The molecule has 4 rings (SSSR count). The van der Waals surface area contributed by atoms with E-state index in [9.17, 15) is 36.1 Å². The molecular formula is C31H36N10O8. The number of nitrogens with zero attached hydrogens (tertiary/aromatic N) is 10. The van der Waals surface area contributed by atoms with Crippen LogP contribution >= 0.6 is 0 Å². The van der Waals surface area contributed by atoms with Crippen LogP contribution in [0.1, 0.15) is 37.8 Å². The standard InChI is InChI=1S/C31H36N10O8/c1-18(42)47-29-25(36-39-33)24(27(44)30(48-19(2)43)26(29)37-40-34)28-23(35-38-32)14-13-22(49-28)16-41(15-20-9-5-3-6-10-20)31(45)46-17-21-11-7-4-8-12-21/h3-12,22-30,44H,13-17H2,1-2H3/t22-,23?,24?,25?,26?,27-,28-,29-,30-/m0/s1. The van der Waals surface area contributed by atoms with Gasteiger partial charge in [0, 0.05) is 41.0 Å². The van der Waals surface area contributed by atoms with Gasteiger partial charge in [0.15, 0.2) is 0 Å². The minimum atomic E-state index is -1.71. The molecule has 0 spiro atoms. The second kappa shape index (κ2) is 17.6. The SMILES string of the molecule is CC(=O)O[C@H]1C(N=[N+]=[N-])C([C@H]2O[C@H](CN(Cc3ccccc3)C(=O)OCc3ccccc3)CCC2N=[N+]=[N-])[C@H](O)[C@@H](OC(C)=O)C1N=[N+]=[N-]. The smallest absolute Gasteiger partial charge is 0.410 e. The maximum atomic E-state index is 13.5. The zero-order valence-corrected chi connectivity index (χ0v) is 26.8. The number of esters is 2. The van der Waals surface area contributed by atoms with Gasteiger partial charge < -0.3 is 29.0 Å². The Balaban J connectivity index is 1.68. The summed E-state index contributed by atoms with van der Waals surface area (Å²) in [6.45, 7) is 2.36. The molecule has 1 saturated heterocycles. The Hall–Kier alpha value is -5.50. The molecule has 49 heavy (non-hydrogen) atoms. The first kappa shape index (κ1) is 36.3. The number of amides is 1.